The van der Waals surface area contributed by atoms with Gasteiger partial charge in [-0.1, -0.05) is 77.6 Å². The number of nitrogens with one attached hydrogen (secondary N) is 1. The molecule has 1 aliphatic heterocycles. The molecule has 0 bridgehead atoms. The third-order valence-corrected chi connectivity index (χ3v) is 8.57. The van der Waals surface area contributed by atoms with E-state index in [2.05, 4.69) is 79.2 Å². The molecule has 1 heterocycles. The Morgan fingerprint density at radius 2 is 1.38 bits per heavy atom. The summed E-state index contributed by atoms with van der Waals surface area (Å²) in [7, 11) is 0. The third-order valence-electron chi connectivity index (χ3n) is 8.57. The molecule has 45 heavy (non-hydrogen) atoms. The van der Waals surface area contributed by atoms with E-state index in [1.54, 1.807) is 12.1 Å². The van der Waals surface area contributed by atoms with Crippen molar-refractivity contribution < 1.29 is 19.4 Å². The van der Waals surface area contributed by atoms with Crippen molar-refractivity contribution in [3.63, 3.8) is 0 Å². The fourth-order valence-corrected chi connectivity index (χ4v) is 5.72. The van der Waals surface area contributed by atoms with E-state index in [0.29, 0.717) is 5.56 Å². The SMILES string of the molecule is CCCCCCCOc1ccc(N2CCCN(c3ccc(C[C@H](NC(=O)c4ccc(C(C)(C)C)cc4)C(=O)O)cc3)CC2)cc1. The van der Waals surface area contributed by atoms with Gasteiger partial charge in [0.1, 0.15) is 11.8 Å². The van der Waals surface area contributed by atoms with Crippen LogP contribution in [0, 0.1) is 0 Å². The van der Waals surface area contributed by atoms with E-state index in [-0.39, 0.29) is 17.7 Å². The van der Waals surface area contributed by atoms with Crippen molar-refractivity contribution in [1.82, 2.24) is 5.32 Å². The van der Waals surface area contributed by atoms with E-state index in [9.17, 15) is 14.7 Å². The van der Waals surface area contributed by atoms with E-state index in [0.717, 1.165) is 68.2 Å². The Kier molecular flexibility index (Phi) is 12.3. The number of ether oxygens (including phenoxy) is 1. The smallest absolute Gasteiger partial charge is 0.326 e. The van der Waals surface area contributed by atoms with Gasteiger partial charge in [-0.05, 0) is 77.9 Å². The Morgan fingerprint density at radius 3 is 1.93 bits per heavy atom. The second-order valence-corrected chi connectivity index (χ2v) is 13.1. The van der Waals surface area contributed by atoms with Crippen LogP contribution < -0.4 is 19.9 Å². The van der Waals surface area contributed by atoms with E-state index in [4.69, 9.17) is 4.74 Å². The highest BCUT2D eigenvalue weighted by Crippen LogP contribution is 2.24. The molecule has 0 aliphatic carbocycles. The molecule has 0 aromatic heterocycles. The number of unbranched alkanes of at least 4 members (excludes halogenated alkanes) is 4. The molecule has 7 heteroatoms. The molecule has 2 N–H and O–H groups in total. The van der Waals surface area contributed by atoms with E-state index in [1.165, 1.54) is 31.4 Å². The van der Waals surface area contributed by atoms with Crippen LogP contribution in [0.4, 0.5) is 11.4 Å². The van der Waals surface area contributed by atoms with Crippen LogP contribution in [0.1, 0.15) is 87.7 Å². The van der Waals surface area contributed by atoms with Crippen molar-refractivity contribution in [1.29, 1.82) is 0 Å². The zero-order valence-electron chi connectivity index (χ0n) is 27.6. The molecule has 1 saturated heterocycles. The normalized spacial score (nSPS) is 14.5. The first-order valence-corrected chi connectivity index (χ1v) is 16.6. The van der Waals surface area contributed by atoms with Crippen molar-refractivity contribution in [3.8, 4) is 5.75 Å². The molecule has 3 aromatic carbocycles. The van der Waals surface area contributed by atoms with Gasteiger partial charge in [0.25, 0.3) is 5.91 Å². The predicted octanol–water partition coefficient (Wildman–Crippen LogP) is 7.48. The number of aliphatic carboxylic acids is 1. The molecule has 3 aromatic rings. The van der Waals surface area contributed by atoms with Gasteiger partial charge in [-0.2, -0.15) is 0 Å². The number of carbonyl (C=O) groups is 2. The van der Waals surface area contributed by atoms with E-state index in [1.807, 2.05) is 24.3 Å². The second-order valence-electron chi connectivity index (χ2n) is 13.1. The molecule has 0 saturated carbocycles. The van der Waals surface area contributed by atoms with Crippen molar-refractivity contribution >= 4 is 23.3 Å². The largest absolute Gasteiger partial charge is 0.494 e. The number of amides is 1. The molecule has 1 fully saturated rings. The Hall–Kier alpha value is -4.00. The minimum absolute atomic E-state index is 0.0216. The minimum atomic E-state index is -1.05. The summed E-state index contributed by atoms with van der Waals surface area (Å²) >= 11 is 0. The van der Waals surface area contributed by atoms with Crippen LogP contribution in [0.25, 0.3) is 0 Å². The lowest BCUT2D eigenvalue weighted by atomic mass is 9.86. The molecule has 0 unspecified atom stereocenters. The summed E-state index contributed by atoms with van der Waals surface area (Å²) in [6.45, 7) is 13.1. The second kappa shape index (κ2) is 16.4. The molecule has 1 amide bonds. The Bertz CT molecular complexity index is 1350. The average Bonchev–Trinajstić information content (AvgIpc) is 3.29. The summed E-state index contributed by atoms with van der Waals surface area (Å²) in [5.41, 5.74) is 4.76. The zero-order chi connectivity index (χ0) is 32.2. The van der Waals surface area contributed by atoms with Crippen LogP contribution in [0.2, 0.25) is 0 Å². The number of nitrogens with zero attached hydrogens (tertiary/aromatic N) is 2. The highest BCUT2D eigenvalue weighted by atomic mass is 16.5. The summed E-state index contributed by atoms with van der Waals surface area (Å²) in [5, 5.41) is 12.6. The van der Waals surface area contributed by atoms with Crippen LogP contribution in [0.15, 0.2) is 72.8 Å². The van der Waals surface area contributed by atoms with Gasteiger partial charge in [0.2, 0.25) is 0 Å². The standard InChI is InChI=1S/C38H51N3O4/c1-5-6-7-8-9-27-45-34-21-19-33(20-22-34)41-24-10-23-40(25-26-41)32-17-11-29(12-18-32)28-35(37(43)44)39-36(42)30-13-15-31(16-14-30)38(2,3)4/h11-22,35H,5-10,23-28H2,1-4H3,(H,39,42)(H,43,44)/t35-/m0/s1. The number of benzene rings is 3. The summed E-state index contributed by atoms with van der Waals surface area (Å²) in [4.78, 5) is 29.7. The van der Waals surface area contributed by atoms with Crippen LogP contribution in [-0.4, -0.2) is 55.8 Å². The monoisotopic (exact) mass is 613 g/mol. The molecule has 1 atom stereocenters. The van der Waals surface area contributed by atoms with Gasteiger partial charge in [0.05, 0.1) is 6.61 Å². The third kappa shape index (κ3) is 10.3. The number of hydrogen-bond acceptors (Lipinski definition) is 5. The number of carboxylic acids is 1. The molecular formula is C38H51N3O4. The predicted molar refractivity (Wildman–Crippen MR) is 184 cm³/mol. The quantitative estimate of drug-likeness (QED) is 0.184. The molecule has 7 nitrogen and oxygen atoms in total. The lowest BCUT2D eigenvalue weighted by molar-refractivity contribution is -0.139. The molecule has 1 aliphatic rings. The number of anilines is 2. The molecule has 242 valence electrons. The van der Waals surface area contributed by atoms with Crippen molar-refractivity contribution in [2.24, 2.45) is 0 Å². The molecule has 0 radical (unpaired) electrons. The number of hydrogen-bond donors (Lipinski definition) is 2. The molecule has 0 spiro atoms. The first kappa shape index (κ1) is 33.9. The summed E-state index contributed by atoms with van der Waals surface area (Å²) in [6.07, 6.45) is 7.44. The van der Waals surface area contributed by atoms with Gasteiger partial charge in [0, 0.05) is 49.5 Å². The van der Waals surface area contributed by atoms with Crippen molar-refractivity contribution in [2.75, 3.05) is 42.6 Å². The number of carboxylic acid groups (broad SMARTS) is 1. The van der Waals surface area contributed by atoms with Gasteiger partial charge in [-0.25, -0.2) is 4.79 Å². The Balaban J connectivity index is 1.27. The summed E-state index contributed by atoms with van der Waals surface area (Å²) in [5.74, 6) is -0.493. The van der Waals surface area contributed by atoms with Crippen molar-refractivity contribution in [2.45, 2.75) is 84.1 Å². The Labute approximate surface area is 269 Å². The minimum Gasteiger partial charge on any atom is -0.494 e. The maximum atomic E-state index is 12.8. The zero-order valence-corrected chi connectivity index (χ0v) is 27.6. The lowest BCUT2D eigenvalue weighted by Gasteiger charge is -2.25. The van der Waals surface area contributed by atoms with Crippen molar-refractivity contribution in [3.05, 3.63) is 89.5 Å². The topological polar surface area (TPSA) is 82.1 Å². The fourth-order valence-electron chi connectivity index (χ4n) is 5.72. The van der Waals surface area contributed by atoms with Crippen LogP contribution >= 0.6 is 0 Å². The average molecular weight is 614 g/mol. The van der Waals surface area contributed by atoms with Gasteiger partial charge in [-0.3, -0.25) is 4.79 Å². The maximum absolute atomic E-state index is 12.8. The number of carbonyl (C=O) groups excluding carboxylic acids is 1. The Morgan fingerprint density at radius 1 is 0.800 bits per heavy atom. The summed E-state index contributed by atoms with van der Waals surface area (Å²) in [6, 6.07) is 22.9. The van der Waals surface area contributed by atoms with Gasteiger partial charge >= 0.3 is 5.97 Å². The van der Waals surface area contributed by atoms with Gasteiger partial charge < -0.3 is 25.0 Å². The van der Waals surface area contributed by atoms with Crippen LogP contribution in [0.3, 0.4) is 0 Å². The maximum Gasteiger partial charge on any atom is 0.326 e. The highest BCUT2D eigenvalue weighted by molar-refractivity contribution is 5.96. The highest BCUT2D eigenvalue weighted by Gasteiger charge is 2.22. The number of rotatable bonds is 14. The summed E-state index contributed by atoms with van der Waals surface area (Å²) < 4.78 is 5.95. The first-order chi connectivity index (χ1) is 21.6. The lowest BCUT2D eigenvalue weighted by Crippen LogP contribution is -2.42. The van der Waals surface area contributed by atoms with Crippen LogP contribution in [0.5, 0.6) is 5.75 Å². The van der Waals surface area contributed by atoms with Gasteiger partial charge in [-0.15, -0.1) is 0 Å². The van der Waals surface area contributed by atoms with E-state index < -0.39 is 12.0 Å². The molecular weight excluding hydrogens is 562 g/mol. The molecule has 4 rings (SSSR count). The van der Waals surface area contributed by atoms with E-state index >= 15 is 0 Å². The first-order valence-electron chi connectivity index (χ1n) is 16.6. The fraction of sp³-hybridized carbons (Fsp3) is 0.474. The van der Waals surface area contributed by atoms with Gasteiger partial charge in [0.15, 0.2) is 0 Å². The van der Waals surface area contributed by atoms with Crippen LogP contribution in [-0.2, 0) is 16.6 Å².